The molecule has 0 bridgehead atoms. The maximum Gasteiger partial charge on any atom is 0.254 e. The SMILES string of the molecule is COc1cc2c(cc1OC)C(=O)N(CCCN(C)CCCc1ccc3ccccc3c1)CC2.Cl. The zero-order valence-corrected chi connectivity index (χ0v) is 21.2. The zero-order chi connectivity index (χ0) is 23.2. The summed E-state index contributed by atoms with van der Waals surface area (Å²) >= 11 is 0. The molecule has 6 heteroatoms. The molecule has 0 saturated heterocycles. The molecule has 1 aliphatic rings. The van der Waals surface area contributed by atoms with E-state index in [9.17, 15) is 4.79 Å². The predicted molar refractivity (Wildman–Crippen MR) is 141 cm³/mol. The Bertz CT molecular complexity index is 1120. The van der Waals surface area contributed by atoms with Gasteiger partial charge < -0.3 is 19.3 Å². The number of benzene rings is 3. The fraction of sp³-hybridized carbons (Fsp3) is 0.393. The monoisotopic (exact) mass is 482 g/mol. The normalized spacial score (nSPS) is 13.1. The molecule has 1 heterocycles. The third kappa shape index (κ3) is 6.02. The molecule has 0 aromatic heterocycles. The number of halogens is 1. The number of hydrogen-bond donors (Lipinski definition) is 0. The molecule has 182 valence electrons. The van der Waals surface area contributed by atoms with Crippen LogP contribution in [0.5, 0.6) is 11.5 Å². The maximum absolute atomic E-state index is 13.0. The van der Waals surface area contributed by atoms with Gasteiger partial charge in [0.15, 0.2) is 11.5 Å². The highest BCUT2D eigenvalue weighted by atomic mass is 35.5. The molecule has 0 N–H and O–H groups in total. The quantitative estimate of drug-likeness (QED) is 0.396. The minimum Gasteiger partial charge on any atom is -0.493 e. The van der Waals surface area contributed by atoms with Gasteiger partial charge in [0.1, 0.15) is 0 Å². The zero-order valence-electron chi connectivity index (χ0n) is 20.4. The van der Waals surface area contributed by atoms with Gasteiger partial charge in [-0.15, -0.1) is 12.4 Å². The summed E-state index contributed by atoms with van der Waals surface area (Å²) in [6.45, 7) is 3.58. The predicted octanol–water partition coefficient (Wildman–Crippen LogP) is 5.23. The fourth-order valence-corrected chi connectivity index (χ4v) is 4.66. The summed E-state index contributed by atoms with van der Waals surface area (Å²) in [6.07, 6.45) is 4.04. The Morgan fingerprint density at radius 1 is 0.912 bits per heavy atom. The summed E-state index contributed by atoms with van der Waals surface area (Å²) in [5.41, 5.74) is 3.18. The number of carbonyl (C=O) groups excluding carboxylic acids is 1. The number of fused-ring (bicyclic) bond motifs is 2. The van der Waals surface area contributed by atoms with Crippen molar-refractivity contribution in [2.75, 3.05) is 47.4 Å². The first-order chi connectivity index (χ1) is 16.1. The van der Waals surface area contributed by atoms with Gasteiger partial charge in [-0.3, -0.25) is 4.79 Å². The van der Waals surface area contributed by atoms with E-state index < -0.39 is 0 Å². The number of hydrogen-bond acceptors (Lipinski definition) is 4. The number of carbonyl (C=O) groups is 1. The van der Waals surface area contributed by atoms with Crippen LogP contribution in [-0.2, 0) is 12.8 Å². The average Bonchev–Trinajstić information content (AvgIpc) is 2.84. The minimum atomic E-state index is 0. The first kappa shape index (κ1) is 25.9. The first-order valence-corrected chi connectivity index (χ1v) is 11.8. The van der Waals surface area contributed by atoms with E-state index in [-0.39, 0.29) is 18.3 Å². The molecular weight excluding hydrogens is 448 g/mol. The lowest BCUT2D eigenvalue weighted by Gasteiger charge is -2.30. The Labute approximate surface area is 209 Å². The van der Waals surface area contributed by atoms with Crippen LogP contribution in [0.1, 0.15) is 34.3 Å². The molecular formula is C28H35ClN2O3. The molecule has 0 aliphatic carbocycles. The Kier molecular flexibility index (Phi) is 9.20. The molecule has 5 nitrogen and oxygen atoms in total. The van der Waals surface area contributed by atoms with Crippen molar-refractivity contribution >= 4 is 29.1 Å². The lowest BCUT2D eigenvalue weighted by Crippen LogP contribution is -2.39. The van der Waals surface area contributed by atoms with Crippen LogP contribution in [0.4, 0.5) is 0 Å². The molecule has 0 atom stereocenters. The molecule has 34 heavy (non-hydrogen) atoms. The van der Waals surface area contributed by atoms with Gasteiger partial charge in [-0.2, -0.15) is 0 Å². The van der Waals surface area contributed by atoms with E-state index in [0.29, 0.717) is 11.5 Å². The lowest BCUT2D eigenvalue weighted by molar-refractivity contribution is 0.0732. The second-order valence-electron chi connectivity index (χ2n) is 8.85. The largest absolute Gasteiger partial charge is 0.493 e. The summed E-state index contributed by atoms with van der Waals surface area (Å²) in [5.74, 6) is 1.39. The van der Waals surface area contributed by atoms with Crippen molar-refractivity contribution < 1.29 is 14.3 Å². The van der Waals surface area contributed by atoms with Crippen LogP contribution < -0.4 is 9.47 Å². The molecule has 1 amide bonds. The van der Waals surface area contributed by atoms with Crippen molar-refractivity contribution in [2.45, 2.75) is 25.7 Å². The molecule has 3 aromatic rings. The van der Waals surface area contributed by atoms with Crippen LogP contribution in [0.2, 0.25) is 0 Å². The third-order valence-electron chi connectivity index (χ3n) is 6.57. The molecule has 0 fully saturated rings. The van der Waals surface area contributed by atoms with Crippen molar-refractivity contribution in [3.05, 3.63) is 71.3 Å². The van der Waals surface area contributed by atoms with E-state index in [1.165, 1.54) is 16.3 Å². The fourth-order valence-electron chi connectivity index (χ4n) is 4.66. The second kappa shape index (κ2) is 12.1. The molecule has 4 rings (SSSR count). The van der Waals surface area contributed by atoms with E-state index in [4.69, 9.17) is 9.47 Å². The van der Waals surface area contributed by atoms with Gasteiger partial charge in [0.2, 0.25) is 0 Å². The van der Waals surface area contributed by atoms with Gasteiger partial charge >= 0.3 is 0 Å². The lowest BCUT2D eigenvalue weighted by atomic mass is 9.98. The first-order valence-electron chi connectivity index (χ1n) is 11.8. The maximum atomic E-state index is 13.0. The van der Waals surface area contributed by atoms with Gasteiger partial charge in [-0.25, -0.2) is 0 Å². The number of ether oxygens (including phenoxy) is 2. The Balaban J connectivity index is 0.00000324. The van der Waals surface area contributed by atoms with E-state index in [1.807, 2.05) is 17.0 Å². The van der Waals surface area contributed by atoms with Crippen molar-refractivity contribution in [2.24, 2.45) is 0 Å². The van der Waals surface area contributed by atoms with Crippen molar-refractivity contribution in [3.63, 3.8) is 0 Å². The average molecular weight is 483 g/mol. The minimum absolute atomic E-state index is 0. The molecule has 1 aliphatic heterocycles. The number of aryl methyl sites for hydroxylation is 1. The molecule has 3 aromatic carbocycles. The van der Waals surface area contributed by atoms with Crippen LogP contribution in [0.25, 0.3) is 10.8 Å². The van der Waals surface area contributed by atoms with Crippen molar-refractivity contribution in [1.82, 2.24) is 9.80 Å². The van der Waals surface area contributed by atoms with Gasteiger partial charge in [0.05, 0.1) is 14.2 Å². The van der Waals surface area contributed by atoms with E-state index in [0.717, 1.165) is 63.0 Å². The number of nitrogens with zero attached hydrogens (tertiary/aromatic N) is 2. The number of rotatable bonds is 10. The van der Waals surface area contributed by atoms with Crippen LogP contribution in [-0.4, -0.2) is 63.2 Å². The Morgan fingerprint density at radius 3 is 2.38 bits per heavy atom. The van der Waals surface area contributed by atoms with Crippen LogP contribution in [0, 0.1) is 0 Å². The highest BCUT2D eigenvalue weighted by Crippen LogP contribution is 2.33. The van der Waals surface area contributed by atoms with Gasteiger partial charge in [0, 0.05) is 18.7 Å². The van der Waals surface area contributed by atoms with E-state index in [1.54, 1.807) is 14.2 Å². The number of methoxy groups -OCH3 is 2. The van der Waals surface area contributed by atoms with Crippen molar-refractivity contribution in [3.8, 4) is 11.5 Å². The summed E-state index contributed by atoms with van der Waals surface area (Å²) in [5, 5.41) is 2.61. The molecule has 0 unspecified atom stereocenters. The van der Waals surface area contributed by atoms with E-state index >= 15 is 0 Å². The highest BCUT2D eigenvalue weighted by molar-refractivity contribution is 5.97. The summed E-state index contributed by atoms with van der Waals surface area (Å²) in [7, 11) is 5.40. The highest BCUT2D eigenvalue weighted by Gasteiger charge is 2.26. The van der Waals surface area contributed by atoms with Gasteiger partial charge in [0.25, 0.3) is 5.91 Å². The standard InChI is InChI=1S/C28H34N2O3.ClH/c1-29(14-6-8-21-11-12-22-9-4-5-10-23(22)18-21)15-7-16-30-17-13-24-19-26(32-2)27(33-3)20-25(24)28(30)31;/h4-5,9-12,18-20H,6-8,13-17H2,1-3H3;1H. The molecule has 0 radical (unpaired) electrons. The second-order valence-corrected chi connectivity index (χ2v) is 8.85. The van der Waals surface area contributed by atoms with Crippen LogP contribution >= 0.6 is 12.4 Å². The van der Waals surface area contributed by atoms with E-state index in [2.05, 4.69) is 54.4 Å². The third-order valence-corrected chi connectivity index (χ3v) is 6.57. The van der Waals surface area contributed by atoms with Crippen LogP contribution in [0.15, 0.2) is 54.6 Å². The topological polar surface area (TPSA) is 42.0 Å². The Hall–Kier alpha value is -2.76. The Morgan fingerprint density at radius 2 is 1.62 bits per heavy atom. The summed E-state index contributed by atoms with van der Waals surface area (Å²) < 4.78 is 10.8. The smallest absolute Gasteiger partial charge is 0.254 e. The van der Waals surface area contributed by atoms with Gasteiger partial charge in [-0.05, 0) is 79.9 Å². The molecule has 0 saturated carbocycles. The number of amides is 1. The van der Waals surface area contributed by atoms with Gasteiger partial charge in [-0.1, -0.05) is 42.5 Å². The summed E-state index contributed by atoms with van der Waals surface area (Å²) in [4.78, 5) is 17.3. The molecule has 0 spiro atoms. The summed E-state index contributed by atoms with van der Waals surface area (Å²) in [6, 6.07) is 19.0. The van der Waals surface area contributed by atoms with Crippen molar-refractivity contribution in [1.29, 1.82) is 0 Å². The van der Waals surface area contributed by atoms with Crippen LogP contribution in [0.3, 0.4) is 0 Å².